The summed E-state index contributed by atoms with van der Waals surface area (Å²) in [5, 5.41) is 14.9. The summed E-state index contributed by atoms with van der Waals surface area (Å²) >= 11 is 1.14. The number of hydrogen-bond donors (Lipinski definition) is 2. The molecule has 184 valence electrons. The number of aromatic nitrogens is 2. The van der Waals surface area contributed by atoms with E-state index >= 15 is 0 Å². The molecule has 0 saturated heterocycles. The Morgan fingerprint density at radius 3 is 2.47 bits per heavy atom. The number of rotatable bonds is 8. The topological polar surface area (TPSA) is 115 Å². The molecule has 0 atom stereocenters. The second kappa shape index (κ2) is 11.0. The molecule has 1 aromatic heterocycles. The van der Waals surface area contributed by atoms with E-state index in [4.69, 9.17) is 9.47 Å². The second-order valence-corrected chi connectivity index (χ2v) is 8.64. The summed E-state index contributed by atoms with van der Waals surface area (Å²) in [6, 6.07) is 17.8. The minimum Gasteiger partial charge on any atom is -0.502 e. The van der Waals surface area contributed by atoms with Gasteiger partial charge >= 0.3 is 0 Å². The molecule has 36 heavy (non-hydrogen) atoms. The molecule has 1 heterocycles. The molecule has 0 aliphatic heterocycles. The lowest BCUT2D eigenvalue weighted by Gasteiger charge is -2.14. The number of amides is 1. The average molecular weight is 505 g/mol. The average Bonchev–Trinajstić information content (AvgIpc) is 2.89. The number of carbonyl (C=O) groups is 1. The molecule has 3 aromatic carbocycles. The molecule has 9 nitrogen and oxygen atoms in total. The minimum absolute atomic E-state index is 0.0176. The van der Waals surface area contributed by atoms with E-state index in [0.29, 0.717) is 27.3 Å². The van der Waals surface area contributed by atoms with Crippen molar-refractivity contribution in [3.63, 3.8) is 0 Å². The highest BCUT2D eigenvalue weighted by molar-refractivity contribution is 7.99. The fourth-order valence-corrected chi connectivity index (χ4v) is 4.36. The summed E-state index contributed by atoms with van der Waals surface area (Å²) in [4.78, 5) is 30.5. The largest absolute Gasteiger partial charge is 0.502 e. The zero-order valence-corrected chi connectivity index (χ0v) is 20.7. The maximum atomic E-state index is 13.4. The first kappa shape index (κ1) is 24.8. The molecule has 0 bridgehead atoms. The molecule has 4 rings (SSSR count). The van der Waals surface area contributed by atoms with Crippen LogP contribution in [-0.4, -0.2) is 46.8 Å². The number of hydrazone groups is 1. The predicted octanol–water partition coefficient (Wildman–Crippen LogP) is 3.66. The smallest absolute Gasteiger partial charge is 0.266 e. The molecule has 0 fully saturated rings. The number of phenolic OH excluding ortho intramolecular Hbond substituents is 1. The van der Waals surface area contributed by atoms with Gasteiger partial charge in [0.15, 0.2) is 16.7 Å². The van der Waals surface area contributed by atoms with Gasteiger partial charge in [-0.25, -0.2) is 10.4 Å². The van der Waals surface area contributed by atoms with E-state index in [-0.39, 0.29) is 34.5 Å². The summed E-state index contributed by atoms with van der Waals surface area (Å²) in [6.07, 6.45) is 1.41. The number of nitrogens with one attached hydrogen (secondary N) is 1. The third kappa shape index (κ3) is 5.18. The van der Waals surface area contributed by atoms with E-state index in [9.17, 15) is 14.7 Å². The molecule has 0 saturated carbocycles. The summed E-state index contributed by atoms with van der Waals surface area (Å²) in [6.45, 7) is 1.92. The van der Waals surface area contributed by atoms with Gasteiger partial charge in [0.25, 0.3) is 11.5 Å². The van der Waals surface area contributed by atoms with Crippen molar-refractivity contribution in [3.8, 4) is 22.9 Å². The number of para-hydroxylation sites is 2. The van der Waals surface area contributed by atoms with Crippen molar-refractivity contribution in [2.45, 2.75) is 12.1 Å². The molecule has 2 N–H and O–H groups in total. The number of aryl methyl sites for hydroxylation is 1. The number of thioether (sulfide) groups is 1. The SMILES string of the molecule is COc1cc(/C=N/NC(=O)CSc2nc3ccccc3c(=O)n2-c2ccccc2C)cc(OC)c1O. The van der Waals surface area contributed by atoms with Gasteiger partial charge in [-0.15, -0.1) is 0 Å². The quantitative estimate of drug-likeness (QED) is 0.163. The number of carbonyl (C=O) groups excluding carboxylic acids is 1. The van der Waals surface area contributed by atoms with Crippen LogP contribution >= 0.6 is 11.8 Å². The van der Waals surface area contributed by atoms with Crippen molar-refractivity contribution < 1.29 is 19.4 Å². The van der Waals surface area contributed by atoms with Crippen LogP contribution in [0.25, 0.3) is 16.6 Å². The number of fused-ring (bicyclic) bond motifs is 1. The van der Waals surface area contributed by atoms with Gasteiger partial charge in [-0.1, -0.05) is 42.1 Å². The van der Waals surface area contributed by atoms with Crippen molar-refractivity contribution in [1.29, 1.82) is 0 Å². The van der Waals surface area contributed by atoms with Crippen LogP contribution in [0.5, 0.6) is 17.2 Å². The van der Waals surface area contributed by atoms with E-state index in [2.05, 4.69) is 15.5 Å². The number of nitrogens with zero attached hydrogens (tertiary/aromatic N) is 3. The van der Waals surface area contributed by atoms with E-state index < -0.39 is 0 Å². The number of ether oxygens (including phenoxy) is 2. The van der Waals surface area contributed by atoms with Crippen LogP contribution in [0.3, 0.4) is 0 Å². The Morgan fingerprint density at radius 2 is 1.78 bits per heavy atom. The molecule has 1 amide bonds. The fraction of sp³-hybridized carbons (Fsp3) is 0.154. The normalized spacial score (nSPS) is 11.1. The molecule has 0 aliphatic carbocycles. The minimum atomic E-state index is -0.382. The van der Waals surface area contributed by atoms with Crippen LogP contribution in [0.15, 0.2) is 75.7 Å². The van der Waals surface area contributed by atoms with Crippen LogP contribution in [-0.2, 0) is 4.79 Å². The van der Waals surface area contributed by atoms with Crippen molar-refractivity contribution >= 4 is 34.8 Å². The summed E-state index contributed by atoms with van der Waals surface area (Å²) in [5.74, 6) is -0.0905. The van der Waals surface area contributed by atoms with E-state index in [1.807, 2.05) is 37.3 Å². The van der Waals surface area contributed by atoms with Crippen molar-refractivity contribution in [3.05, 3.63) is 82.1 Å². The molecule has 0 unspecified atom stereocenters. The number of benzene rings is 3. The van der Waals surface area contributed by atoms with Gasteiger partial charge in [0.2, 0.25) is 5.75 Å². The van der Waals surface area contributed by atoms with Crippen LogP contribution in [0.2, 0.25) is 0 Å². The first-order valence-corrected chi connectivity index (χ1v) is 11.9. The zero-order valence-electron chi connectivity index (χ0n) is 19.9. The molecule has 4 aromatic rings. The van der Waals surface area contributed by atoms with Crippen LogP contribution in [0, 0.1) is 6.92 Å². The Morgan fingerprint density at radius 1 is 1.11 bits per heavy atom. The molecule has 0 aliphatic rings. The third-order valence-corrected chi connectivity index (χ3v) is 6.28. The lowest BCUT2D eigenvalue weighted by atomic mass is 10.2. The van der Waals surface area contributed by atoms with E-state index in [0.717, 1.165) is 17.3 Å². The maximum Gasteiger partial charge on any atom is 0.266 e. The van der Waals surface area contributed by atoms with E-state index in [1.165, 1.54) is 25.0 Å². The number of methoxy groups -OCH3 is 2. The molecular weight excluding hydrogens is 480 g/mol. The highest BCUT2D eigenvalue weighted by Gasteiger charge is 2.16. The Balaban J connectivity index is 1.55. The summed E-state index contributed by atoms with van der Waals surface area (Å²) in [5.41, 5.74) is 4.99. The van der Waals surface area contributed by atoms with Crippen LogP contribution in [0.1, 0.15) is 11.1 Å². The summed E-state index contributed by atoms with van der Waals surface area (Å²) < 4.78 is 11.8. The zero-order chi connectivity index (χ0) is 25.7. The summed E-state index contributed by atoms with van der Waals surface area (Å²) in [7, 11) is 2.84. The van der Waals surface area contributed by atoms with Crippen LogP contribution < -0.4 is 20.5 Å². The second-order valence-electron chi connectivity index (χ2n) is 7.69. The lowest BCUT2D eigenvalue weighted by Crippen LogP contribution is -2.24. The predicted molar refractivity (Wildman–Crippen MR) is 140 cm³/mol. The first-order valence-electron chi connectivity index (χ1n) is 10.9. The van der Waals surface area contributed by atoms with Crippen molar-refractivity contribution in [2.24, 2.45) is 5.10 Å². The fourth-order valence-electron chi connectivity index (χ4n) is 3.57. The van der Waals surface area contributed by atoms with Gasteiger partial charge in [0.1, 0.15) is 0 Å². The van der Waals surface area contributed by atoms with Gasteiger partial charge in [-0.2, -0.15) is 5.10 Å². The number of hydrogen-bond acceptors (Lipinski definition) is 8. The standard InChI is InChI=1S/C26H24N4O5S/c1-16-8-4-7-11-20(16)30-25(33)18-9-5-6-10-19(18)28-26(30)36-15-23(31)29-27-14-17-12-21(34-2)24(32)22(13-17)35-3/h4-14,32H,15H2,1-3H3,(H,29,31)/b27-14+. The monoisotopic (exact) mass is 504 g/mol. The van der Waals surface area contributed by atoms with Gasteiger partial charge in [0.05, 0.1) is 42.8 Å². The van der Waals surface area contributed by atoms with Crippen molar-refractivity contribution in [1.82, 2.24) is 15.0 Å². The molecule has 0 radical (unpaired) electrons. The lowest BCUT2D eigenvalue weighted by molar-refractivity contribution is -0.118. The van der Waals surface area contributed by atoms with Crippen LogP contribution in [0.4, 0.5) is 0 Å². The van der Waals surface area contributed by atoms with Gasteiger partial charge in [-0.05, 0) is 42.8 Å². The third-order valence-electron chi connectivity index (χ3n) is 5.34. The Kier molecular flexibility index (Phi) is 7.55. The highest BCUT2D eigenvalue weighted by atomic mass is 32.2. The van der Waals surface area contributed by atoms with Gasteiger partial charge in [-0.3, -0.25) is 14.2 Å². The maximum absolute atomic E-state index is 13.4. The number of phenols is 1. The van der Waals surface area contributed by atoms with Gasteiger partial charge in [0, 0.05) is 5.56 Å². The molecule has 10 heteroatoms. The first-order chi connectivity index (χ1) is 17.4. The van der Waals surface area contributed by atoms with Crippen molar-refractivity contribution in [2.75, 3.05) is 20.0 Å². The molecule has 0 spiro atoms. The Hall–Kier alpha value is -4.31. The highest BCUT2D eigenvalue weighted by Crippen LogP contribution is 2.36. The van der Waals surface area contributed by atoms with Gasteiger partial charge < -0.3 is 14.6 Å². The Bertz CT molecular complexity index is 1490. The Labute approximate surface area is 211 Å². The van der Waals surface area contributed by atoms with E-state index in [1.54, 1.807) is 30.3 Å². The number of aromatic hydroxyl groups is 1. The molecular formula is C26H24N4O5S.